The van der Waals surface area contributed by atoms with Crippen LogP contribution >= 0.6 is 12.4 Å². The molecule has 1 aliphatic heterocycles. The van der Waals surface area contributed by atoms with Gasteiger partial charge in [0.15, 0.2) is 0 Å². The van der Waals surface area contributed by atoms with E-state index in [-0.39, 0.29) is 18.3 Å². The average molecular weight is 347 g/mol. The Hall–Kier alpha value is -2.20. The van der Waals surface area contributed by atoms with Gasteiger partial charge < -0.3 is 15.4 Å². The van der Waals surface area contributed by atoms with Gasteiger partial charge in [-0.3, -0.25) is 4.79 Å². The molecule has 5 heteroatoms. The molecule has 0 spiro atoms. The van der Waals surface area contributed by atoms with Crippen LogP contribution in [-0.2, 0) is 11.2 Å². The number of anilines is 1. The number of likely N-dealkylation sites (tertiary alicyclic amines) is 1. The van der Waals surface area contributed by atoms with E-state index in [9.17, 15) is 4.79 Å². The van der Waals surface area contributed by atoms with Crippen molar-refractivity contribution in [2.75, 3.05) is 25.9 Å². The second kappa shape index (κ2) is 8.06. The molecule has 2 aromatic rings. The monoisotopic (exact) mass is 346 g/mol. The summed E-state index contributed by atoms with van der Waals surface area (Å²) in [5.41, 5.74) is 8.69. The van der Waals surface area contributed by atoms with Crippen molar-refractivity contribution in [2.24, 2.45) is 0 Å². The predicted molar refractivity (Wildman–Crippen MR) is 98.7 cm³/mol. The maximum atomic E-state index is 12.5. The van der Waals surface area contributed by atoms with E-state index in [2.05, 4.69) is 12.1 Å². The van der Waals surface area contributed by atoms with Gasteiger partial charge in [-0.05, 0) is 41.8 Å². The first-order valence-corrected chi connectivity index (χ1v) is 7.92. The SMILES string of the molecule is COc1ccc(C2CCN(C(=O)Cc3ccc(N)cc3)C2)cc1.Cl. The van der Waals surface area contributed by atoms with Gasteiger partial charge in [0.2, 0.25) is 5.91 Å². The first kappa shape index (κ1) is 18.1. The van der Waals surface area contributed by atoms with Gasteiger partial charge in [-0.1, -0.05) is 24.3 Å². The molecule has 2 aromatic carbocycles. The first-order chi connectivity index (χ1) is 11.2. The zero-order valence-corrected chi connectivity index (χ0v) is 14.6. The minimum Gasteiger partial charge on any atom is -0.497 e. The van der Waals surface area contributed by atoms with Gasteiger partial charge in [0.1, 0.15) is 5.75 Å². The topological polar surface area (TPSA) is 55.6 Å². The summed E-state index contributed by atoms with van der Waals surface area (Å²) in [4.78, 5) is 14.4. The average Bonchev–Trinajstić information content (AvgIpc) is 3.07. The fourth-order valence-electron chi connectivity index (χ4n) is 3.06. The summed E-state index contributed by atoms with van der Waals surface area (Å²) >= 11 is 0. The Morgan fingerprint density at radius 1 is 1.17 bits per heavy atom. The molecule has 1 heterocycles. The Kier molecular flexibility index (Phi) is 6.10. The van der Waals surface area contributed by atoms with Gasteiger partial charge in [0.25, 0.3) is 0 Å². The van der Waals surface area contributed by atoms with Crippen molar-refractivity contribution in [1.29, 1.82) is 0 Å². The van der Waals surface area contributed by atoms with Crippen LogP contribution in [0, 0.1) is 0 Å². The molecule has 4 nitrogen and oxygen atoms in total. The Morgan fingerprint density at radius 3 is 2.46 bits per heavy atom. The van der Waals surface area contributed by atoms with Crippen LogP contribution in [0.2, 0.25) is 0 Å². The summed E-state index contributed by atoms with van der Waals surface area (Å²) in [6.07, 6.45) is 1.45. The number of ether oxygens (including phenoxy) is 1. The second-order valence-corrected chi connectivity index (χ2v) is 6.02. The molecular weight excluding hydrogens is 324 g/mol. The fraction of sp³-hybridized carbons (Fsp3) is 0.316. The number of carbonyl (C=O) groups is 1. The molecule has 1 atom stereocenters. The summed E-state index contributed by atoms with van der Waals surface area (Å²) in [5, 5.41) is 0. The third-order valence-corrected chi connectivity index (χ3v) is 4.46. The summed E-state index contributed by atoms with van der Waals surface area (Å²) in [6, 6.07) is 15.7. The maximum absolute atomic E-state index is 12.5. The van der Waals surface area contributed by atoms with Crippen molar-refractivity contribution in [2.45, 2.75) is 18.8 Å². The van der Waals surface area contributed by atoms with Crippen LogP contribution in [0.3, 0.4) is 0 Å². The van der Waals surface area contributed by atoms with E-state index in [1.54, 1.807) is 7.11 Å². The number of benzene rings is 2. The fourth-order valence-corrected chi connectivity index (χ4v) is 3.06. The molecule has 1 amide bonds. The van der Waals surface area contributed by atoms with E-state index in [1.165, 1.54) is 5.56 Å². The molecule has 1 fully saturated rings. The Labute approximate surface area is 149 Å². The smallest absolute Gasteiger partial charge is 0.227 e. The molecule has 1 saturated heterocycles. The molecule has 128 valence electrons. The van der Waals surface area contributed by atoms with Crippen LogP contribution < -0.4 is 10.5 Å². The summed E-state index contributed by atoms with van der Waals surface area (Å²) in [5.74, 6) is 1.46. The lowest BCUT2D eigenvalue weighted by molar-refractivity contribution is -0.129. The van der Waals surface area contributed by atoms with Crippen LogP contribution in [0.15, 0.2) is 48.5 Å². The molecule has 3 rings (SSSR count). The van der Waals surface area contributed by atoms with E-state index in [0.29, 0.717) is 12.3 Å². The Bertz CT molecular complexity index is 671. The number of halogens is 1. The molecule has 0 aromatic heterocycles. The molecule has 1 unspecified atom stereocenters. The highest BCUT2D eigenvalue weighted by Gasteiger charge is 2.27. The van der Waals surface area contributed by atoms with Crippen LogP contribution in [0.1, 0.15) is 23.5 Å². The number of amides is 1. The zero-order chi connectivity index (χ0) is 16.2. The van der Waals surface area contributed by atoms with Crippen LogP contribution in [-0.4, -0.2) is 31.0 Å². The number of rotatable bonds is 4. The van der Waals surface area contributed by atoms with Crippen LogP contribution in [0.5, 0.6) is 5.75 Å². The molecule has 0 radical (unpaired) electrons. The van der Waals surface area contributed by atoms with Gasteiger partial charge >= 0.3 is 0 Å². The largest absolute Gasteiger partial charge is 0.497 e. The van der Waals surface area contributed by atoms with E-state index >= 15 is 0 Å². The number of nitrogens with zero attached hydrogens (tertiary/aromatic N) is 1. The van der Waals surface area contributed by atoms with Gasteiger partial charge in [-0.15, -0.1) is 12.4 Å². The zero-order valence-electron chi connectivity index (χ0n) is 13.8. The molecule has 0 aliphatic carbocycles. The van der Waals surface area contributed by atoms with Gasteiger partial charge in [0.05, 0.1) is 13.5 Å². The number of nitrogens with two attached hydrogens (primary N) is 1. The highest BCUT2D eigenvalue weighted by molar-refractivity contribution is 5.85. The third kappa shape index (κ3) is 4.20. The number of methoxy groups -OCH3 is 1. The molecule has 0 bridgehead atoms. The third-order valence-electron chi connectivity index (χ3n) is 4.46. The second-order valence-electron chi connectivity index (χ2n) is 6.02. The number of nitrogen functional groups attached to an aromatic ring is 1. The predicted octanol–water partition coefficient (Wildman–Crippen LogP) is 3.26. The molecule has 2 N–H and O–H groups in total. The van der Waals surface area contributed by atoms with Crippen LogP contribution in [0.25, 0.3) is 0 Å². The number of hydrogen-bond acceptors (Lipinski definition) is 3. The lowest BCUT2D eigenvalue weighted by Gasteiger charge is -2.17. The normalized spacial score (nSPS) is 16.5. The van der Waals surface area contributed by atoms with Gasteiger partial charge in [-0.2, -0.15) is 0 Å². The minimum atomic E-state index is 0. The van der Waals surface area contributed by atoms with Crippen molar-refractivity contribution >= 4 is 24.0 Å². The number of carbonyl (C=O) groups excluding carboxylic acids is 1. The van der Waals surface area contributed by atoms with Crippen molar-refractivity contribution < 1.29 is 9.53 Å². The van der Waals surface area contributed by atoms with E-state index < -0.39 is 0 Å². The lowest BCUT2D eigenvalue weighted by Crippen LogP contribution is -2.29. The van der Waals surface area contributed by atoms with Gasteiger partial charge in [0, 0.05) is 24.7 Å². The summed E-state index contributed by atoms with van der Waals surface area (Å²) < 4.78 is 5.19. The lowest BCUT2D eigenvalue weighted by atomic mass is 9.98. The van der Waals surface area contributed by atoms with Crippen molar-refractivity contribution in [3.63, 3.8) is 0 Å². The van der Waals surface area contributed by atoms with Crippen molar-refractivity contribution in [1.82, 2.24) is 4.90 Å². The first-order valence-electron chi connectivity index (χ1n) is 7.92. The van der Waals surface area contributed by atoms with E-state index in [4.69, 9.17) is 10.5 Å². The molecule has 24 heavy (non-hydrogen) atoms. The van der Waals surface area contributed by atoms with Crippen molar-refractivity contribution in [3.05, 3.63) is 59.7 Å². The molecule has 0 saturated carbocycles. The van der Waals surface area contributed by atoms with Crippen LogP contribution in [0.4, 0.5) is 5.69 Å². The highest BCUT2D eigenvalue weighted by atomic mass is 35.5. The minimum absolute atomic E-state index is 0. The maximum Gasteiger partial charge on any atom is 0.227 e. The highest BCUT2D eigenvalue weighted by Crippen LogP contribution is 2.28. The van der Waals surface area contributed by atoms with E-state index in [0.717, 1.165) is 36.5 Å². The summed E-state index contributed by atoms with van der Waals surface area (Å²) in [6.45, 7) is 1.62. The summed E-state index contributed by atoms with van der Waals surface area (Å²) in [7, 11) is 1.67. The van der Waals surface area contributed by atoms with Crippen molar-refractivity contribution in [3.8, 4) is 5.75 Å². The Balaban J connectivity index is 0.00000208. The molecule has 1 aliphatic rings. The quantitative estimate of drug-likeness (QED) is 0.864. The van der Waals surface area contributed by atoms with E-state index in [1.807, 2.05) is 41.3 Å². The van der Waals surface area contributed by atoms with Gasteiger partial charge in [-0.25, -0.2) is 0 Å². The standard InChI is InChI=1S/C19H22N2O2.ClH/c1-23-18-8-4-15(5-9-18)16-10-11-21(13-16)19(22)12-14-2-6-17(20)7-3-14;/h2-9,16H,10-13,20H2,1H3;1H. The number of hydrogen-bond donors (Lipinski definition) is 1. The molecular formula is C19H23ClN2O2. The Morgan fingerprint density at radius 2 is 1.83 bits per heavy atom.